The minimum atomic E-state index is -0.101. The molecular weight excluding hydrogens is 344 g/mol. The minimum absolute atomic E-state index is 0.101. The van der Waals surface area contributed by atoms with E-state index in [4.69, 9.17) is 4.42 Å². The maximum absolute atomic E-state index is 12.5. The molecule has 140 valence electrons. The molecule has 1 saturated heterocycles. The SMILES string of the molecule is Cc1nc(C2CCCN(C(=O)NCc3coc(-c4ccccc4)n3)C2)n[nH]1. The average molecular weight is 366 g/mol. The molecule has 2 amide bonds. The summed E-state index contributed by atoms with van der Waals surface area (Å²) < 4.78 is 5.51. The number of aryl methyl sites for hydroxylation is 1. The van der Waals surface area contributed by atoms with Gasteiger partial charge >= 0.3 is 6.03 Å². The van der Waals surface area contributed by atoms with Gasteiger partial charge in [-0.2, -0.15) is 5.10 Å². The number of aromatic nitrogens is 4. The van der Waals surface area contributed by atoms with Crippen molar-refractivity contribution < 1.29 is 9.21 Å². The van der Waals surface area contributed by atoms with Crippen LogP contribution in [0.25, 0.3) is 11.5 Å². The molecule has 1 aromatic carbocycles. The van der Waals surface area contributed by atoms with Crippen molar-refractivity contribution in [1.29, 1.82) is 0 Å². The smallest absolute Gasteiger partial charge is 0.317 e. The highest BCUT2D eigenvalue weighted by Crippen LogP contribution is 2.24. The van der Waals surface area contributed by atoms with Crippen molar-refractivity contribution in [1.82, 2.24) is 30.4 Å². The maximum Gasteiger partial charge on any atom is 0.317 e. The molecule has 8 nitrogen and oxygen atoms in total. The molecule has 8 heteroatoms. The summed E-state index contributed by atoms with van der Waals surface area (Å²) in [7, 11) is 0. The second-order valence-corrected chi connectivity index (χ2v) is 6.73. The van der Waals surface area contributed by atoms with Crippen LogP contribution >= 0.6 is 0 Å². The fourth-order valence-electron chi connectivity index (χ4n) is 3.29. The lowest BCUT2D eigenvalue weighted by atomic mass is 9.98. The van der Waals surface area contributed by atoms with Crippen LogP contribution in [-0.4, -0.2) is 44.2 Å². The lowest BCUT2D eigenvalue weighted by molar-refractivity contribution is 0.178. The number of nitrogens with one attached hydrogen (secondary N) is 2. The lowest BCUT2D eigenvalue weighted by Crippen LogP contribution is -2.44. The molecule has 0 bridgehead atoms. The predicted molar refractivity (Wildman–Crippen MR) is 98.8 cm³/mol. The molecule has 3 aromatic rings. The Bertz CT molecular complexity index is 904. The largest absolute Gasteiger partial charge is 0.444 e. The van der Waals surface area contributed by atoms with Crippen LogP contribution in [0.15, 0.2) is 41.0 Å². The zero-order valence-corrected chi connectivity index (χ0v) is 15.2. The van der Waals surface area contributed by atoms with E-state index in [0.717, 1.165) is 36.6 Å². The van der Waals surface area contributed by atoms with Crippen molar-refractivity contribution in [2.75, 3.05) is 13.1 Å². The van der Waals surface area contributed by atoms with Gasteiger partial charge in [-0.05, 0) is 31.9 Å². The normalized spacial score (nSPS) is 17.1. The number of carbonyl (C=O) groups excluding carboxylic acids is 1. The molecule has 0 spiro atoms. The minimum Gasteiger partial charge on any atom is -0.444 e. The molecule has 1 aliphatic rings. The van der Waals surface area contributed by atoms with E-state index in [0.29, 0.717) is 24.7 Å². The zero-order valence-electron chi connectivity index (χ0n) is 15.2. The summed E-state index contributed by atoms with van der Waals surface area (Å²) in [5.41, 5.74) is 1.61. The molecule has 3 heterocycles. The van der Waals surface area contributed by atoms with E-state index in [2.05, 4.69) is 25.5 Å². The second kappa shape index (κ2) is 7.61. The molecule has 0 aliphatic carbocycles. The summed E-state index contributed by atoms with van der Waals surface area (Å²) in [5.74, 6) is 2.31. The standard InChI is InChI=1S/C19H22N6O2/c1-13-21-17(24-23-13)15-8-5-9-25(11-15)19(26)20-10-16-12-27-18(22-16)14-6-3-2-4-7-14/h2-4,6-7,12,15H,5,8-11H2,1H3,(H,20,26)(H,21,23,24). The summed E-state index contributed by atoms with van der Waals surface area (Å²) in [6, 6.07) is 9.59. The Morgan fingerprint density at radius 3 is 2.96 bits per heavy atom. The molecule has 4 rings (SSSR count). The van der Waals surface area contributed by atoms with Crippen molar-refractivity contribution in [3.05, 3.63) is 53.9 Å². The van der Waals surface area contributed by atoms with Gasteiger partial charge in [0.05, 0.1) is 12.2 Å². The molecule has 0 saturated carbocycles. The molecule has 0 radical (unpaired) electrons. The molecule has 2 aromatic heterocycles. The van der Waals surface area contributed by atoms with Crippen LogP contribution in [0.3, 0.4) is 0 Å². The Morgan fingerprint density at radius 2 is 2.19 bits per heavy atom. The van der Waals surface area contributed by atoms with Gasteiger partial charge in [0.2, 0.25) is 5.89 Å². The fourth-order valence-corrected chi connectivity index (χ4v) is 3.29. The van der Waals surface area contributed by atoms with E-state index >= 15 is 0 Å². The van der Waals surface area contributed by atoms with Gasteiger partial charge in [-0.15, -0.1) is 0 Å². The first-order chi connectivity index (χ1) is 13.2. The van der Waals surface area contributed by atoms with Crippen LogP contribution in [0.2, 0.25) is 0 Å². The van der Waals surface area contributed by atoms with Crippen LogP contribution in [0.4, 0.5) is 4.79 Å². The Hall–Kier alpha value is -3.16. The van der Waals surface area contributed by atoms with Crippen LogP contribution in [0, 0.1) is 6.92 Å². The quantitative estimate of drug-likeness (QED) is 0.739. The third-order valence-corrected chi connectivity index (χ3v) is 4.68. The summed E-state index contributed by atoms with van der Waals surface area (Å²) >= 11 is 0. The van der Waals surface area contributed by atoms with E-state index in [1.807, 2.05) is 42.2 Å². The number of rotatable bonds is 4. The Balaban J connectivity index is 1.33. The summed E-state index contributed by atoms with van der Waals surface area (Å²) in [6.45, 7) is 3.57. The Kier molecular flexibility index (Phi) is 4.86. The maximum atomic E-state index is 12.5. The highest BCUT2D eigenvalue weighted by atomic mass is 16.3. The third kappa shape index (κ3) is 3.99. The number of oxazole rings is 1. The van der Waals surface area contributed by atoms with Crippen LogP contribution < -0.4 is 5.32 Å². The lowest BCUT2D eigenvalue weighted by Gasteiger charge is -2.31. The van der Waals surface area contributed by atoms with Crippen LogP contribution in [0.5, 0.6) is 0 Å². The number of piperidine rings is 1. The average Bonchev–Trinajstić information content (AvgIpc) is 3.36. The van der Waals surface area contributed by atoms with Crippen LogP contribution in [-0.2, 0) is 6.54 Å². The van der Waals surface area contributed by atoms with Gasteiger partial charge in [-0.1, -0.05) is 18.2 Å². The molecule has 27 heavy (non-hydrogen) atoms. The predicted octanol–water partition coefficient (Wildman–Crippen LogP) is 2.86. The first-order valence-corrected chi connectivity index (χ1v) is 9.10. The zero-order chi connectivity index (χ0) is 18.6. The van der Waals surface area contributed by atoms with Crippen molar-refractivity contribution in [2.45, 2.75) is 32.2 Å². The van der Waals surface area contributed by atoms with E-state index < -0.39 is 0 Å². The number of aromatic amines is 1. The van der Waals surface area contributed by atoms with Crippen molar-refractivity contribution >= 4 is 6.03 Å². The van der Waals surface area contributed by atoms with Crippen molar-refractivity contribution in [3.8, 4) is 11.5 Å². The summed E-state index contributed by atoms with van der Waals surface area (Å²) in [4.78, 5) is 23.2. The number of carbonyl (C=O) groups is 1. The monoisotopic (exact) mass is 366 g/mol. The first-order valence-electron chi connectivity index (χ1n) is 9.10. The van der Waals surface area contributed by atoms with E-state index in [9.17, 15) is 4.79 Å². The molecule has 2 N–H and O–H groups in total. The highest BCUT2D eigenvalue weighted by Gasteiger charge is 2.27. The van der Waals surface area contributed by atoms with E-state index in [1.54, 1.807) is 6.26 Å². The number of hydrogen-bond acceptors (Lipinski definition) is 5. The summed E-state index contributed by atoms with van der Waals surface area (Å²) in [5, 5.41) is 10.0. The molecule has 1 unspecified atom stereocenters. The van der Waals surface area contributed by atoms with E-state index in [-0.39, 0.29) is 11.9 Å². The second-order valence-electron chi connectivity index (χ2n) is 6.73. The van der Waals surface area contributed by atoms with Gasteiger partial charge in [-0.3, -0.25) is 5.10 Å². The fraction of sp³-hybridized carbons (Fsp3) is 0.368. The van der Waals surface area contributed by atoms with Gasteiger partial charge in [0.1, 0.15) is 12.1 Å². The van der Waals surface area contributed by atoms with Gasteiger partial charge < -0.3 is 14.6 Å². The highest BCUT2D eigenvalue weighted by molar-refractivity contribution is 5.74. The Morgan fingerprint density at radius 1 is 1.33 bits per heavy atom. The number of urea groups is 1. The van der Waals surface area contributed by atoms with Gasteiger partial charge in [-0.25, -0.2) is 14.8 Å². The molecule has 1 atom stereocenters. The summed E-state index contributed by atoms with van der Waals surface area (Å²) in [6.07, 6.45) is 3.51. The van der Waals surface area contributed by atoms with Crippen molar-refractivity contribution in [3.63, 3.8) is 0 Å². The number of H-pyrrole nitrogens is 1. The van der Waals surface area contributed by atoms with E-state index in [1.165, 1.54) is 0 Å². The number of amides is 2. The molecular formula is C19H22N6O2. The number of hydrogen-bond donors (Lipinski definition) is 2. The van der Waals surface area contributed by atoms with Crippen LogP contribution in [0.1, 0.15) is 36.1 Å². The first kappa shape index (κ1) is 17.3. The van der Waals surface area contributed by atoms with Crippen molar-refractivity contribution in [2.24, 2.45) is 0 Å². The molecule has 1 fully saturated rings. The topological polar surface area (TPSA) is 99.9 Å². The Labute approximate surface area is 157 Å². The van der Waals surface area contributed by atoms with Gasteiger partial charge in [0.25, 0.3) is 0 Å². The number of likely N-dealkylation sites (tertiary alicyclic amines) is 1. The molecule has 1 aliphatic heterocycles. The van der Waals surface area contributed by atoms with Gasteiger partial charge in [0.15, 0.2) is 5.82 Å². The third-order valence-electron chi connectivity index (χ3n) is 4.68. The number of nitrogens with zero attached hydrogens (tertiary/aromatic N) is 4. The van der Waals surface area contributed by atoms with Gasteiger partial charge in [0, 0.05) is 24.6 Å². The number of benzene rings is 1.